The fraction of sp³-hybridized carbons (Fsp3) is 0.462. The SMILES string of the molecule is CNC(c1cccc(C)c1)C(C)(C)C#N. The molecule has 0 bridgehead atoms. The normalized spacial score (nSPS) is 13.3. The monoisotopic (exact) mass is 202 g/mol. The summed E-state index contributed by atoms with van der Waals surface area (Å²) in [5.41, 5.74) is 1.99. The van der Waals surface area contributed by atoms with E-state index < -0.39 is 5.41 Å². The van der Waals surface area contributed by atoms with E-state index in [1.54, 1.807) is 0 Å². The summed E-state index contributed by atoms with van der Waals surface area (Å²) in [5, 5.41) is 12.4. The minimum atomic E-state index is -0.400. The fourth-order valence-electron chi connectivity index (χ4n) is 1.86. The molecule has 2 nitrogen and oxygen atoms in total. The average Bonchev–Trinajstić information content (AvgIpc) is 2.18. The molecule has 0 amide bonds. The minimum Gasteiger partial charge on any atom is -0.312 e. The third-order valence-corrected chi connectivity index (χ3v) is 2.67. The lowest BCUT2D eigenvalue weighted by atomic mass is 9.81. The van der Waals surface area contributed by atoms with Crippen LogP contribution in [-0.2, 0) is 0 Å². The topological polar surface area (TPSA) is 35.8 Å². The van der Waals surface area contributed by atoms with Crippen LogP contribution in [-0.4, -0.2) is 7.05 Å². The van der Waals surface area contributed by atoms with Gasteiger partial charge in [-0.2, -0.15) is 5.26 Å². The zero-order valence-electron chi connectivity index (χ0n) is 9.83. The molecule has 1 atom stereocenters. The van der Waals surface area contributed by atoms with Crippen LogP contribution < -0.4 is 5.32 Å². The van der Waals surface area contributed by atoms with Gasteiger partial charge in [0.05, 0.1) is 17.5 Å². The zero-order chi connectivity index (χ0) is 11.5. The number of hydrogen-bond donors (Lipinski definition) is 1. The third kappa shape index (κ3) is 2.57. The Bertz CT molecular complexity index is 374. The molecule has 1 rings (SSSR count). The van der Waals surface area contributed by atoms with Gasteiger partial charge in [0.15, 0.2) is 0 Å². The second kappa shape index (κ2) is 4.46. The van der Waals surface area contributed by atoms with Crippen molar-refractivity contribution in [2.24, 2.45) is 5.41 Å². The van der Waals surface area contributed by atoms with Crippen molar-refractivity contribution in [3.05, 3.63) is 35.4 Å². The van der Waals surface area contributed by atoms with Crippen molar-refractivity contribution in [1.82, 2.24) is 5.32 Å². The molecular weight excluding hydrogens is 184 g/mol. The van der Waals surface area contributed by atoms with Gasteiger partial charge in [0, 0.05) is 0 Å². The Hall–Kier alpha value is -1.33. The lowest BCUT2D eigenvalue weighted by Gasteiger charge is -2.28. The molecule has 1 unspecified atom stereocenters. The Balaban J connectivity index is 3.09. The van der Waals surface area contributed by atoms with E-state index in [0.29, 0.717) is 0 Å². The van der Waals surface area contributed by atoms with Crippen molar-refractivity contribution in [3.63, 3.8) is 0 Å². The molecule has 1 N–H and O–H groups in total. The van der Waals surface area contributed by atoms with Crippen molar-refractivity contribution in [1.29, 1.82) is 5.26 Å². The highest BCUT2D eigenvalue weighted by molar-refractivity contribution is 5.28. The molecule has 0 saturated carbocycles. The van der Waals surface area contributed by atoms with Gasteiger partial charge in [0.2, 0.25) is 0 Å². The lowest BCUT2D eigenvalue weighted by molar-refractivity contribution is 0.344. The second-order valence-electron chi connectivity index (χ2n) is 4.47. The summed E-state index contributed by atoms with van der Waals surface area (Å²) in [6, 6.07) is 10.7. The number of aryl methyl sites for hydroxylation is 1. The van der Waals surface area contributed by atoms with Crippen LogP contribution in [0.5, 0.6) is 0 Å². The first kappa shape index (κ1) is 11.7. The van der Waals surface area contributed by atoms with Crippen molar-refractivity contribution >= 4 is 0 Å². The van der Waals surface area contributed by atoms with E-state index in [-0.39, 0.29) is 6.04 Å². The molecule has 2 heteroatoms. The number of rotatable bonds is 3. The first-order valence-electron chi connectivity index (χ1n) is 5.16. The highest BCUT2D eigenvalue weighted by Gasteiger charge is 2.29. The first-order valence-corrected chi connectivity index (χ1v) is 5.16. The van der Waals surface area contributed by atoms with Crippen molar-refractivity contribution in [2.45, 2.75) is 26.8 Å². The Labute approximate surface area is 91.9 Å². The molecule has 0 aromatic heterocycles. The maximum atomic E-state index is 9.14. The van der Waals surface area contributed by atoms with Crippen LogP contribution in [0.25, 0.3) is 0 Å². The largest absolute Gasteiger partial charge is 0.312 e. The van der Waals surface area contributed by atoms with E-state index in [9.17, 15) is 0 Å². The summed E-state index contributed by atoms with van der Waals surface area (Å²) in [7, 11) is 1.89. The number of nitrogens with one attached hydrogen (secondary N) is 1. The van der Waals surface area contributed by atoms with Gasteiger partial charge < -0.3 is 5.32 Å². The van der Waals surface area contributed by atoms with Crippen LogP contribution >= 0.6 is 0 Å². The second-order valence-corrected chi connectivity index (χ2v) is 4.47. The summed E-state index contributed by atoms with van der Waals surface area (Å²) in [6.45, 7) is 5.97. The van der Waals surface area contributed by atoms with Gasteiger partial charge in [-0.25, -0.2) is 0 Å². The van der Waals surface area contributed by atoms with E-state index in [0.717, 1.165) is 0 Å². The van der Waals surface area contributed by atoms with E-state index in [2.05, 4.69) is 36.5 Å². The summed E-state index contributed by atoms with van der Waals surface area (Å²) in [4.78, 5) is 0. The standard InChI is InChI=1S/C13H18N2/c1-10-6-5-7-11(8-10)12(15-4)13(2,3)9-14/h5-8,12,15H,1-4H3. The number of nitrogens with zero attached hydrogens (tertiary/aromatic N) is 1. The van der Waals surface area contributed by atoms with E-state index in [1.807, 2.05) is 27.0 Å². The summed E-state index contributed by atoms with van der Waals surface area (Å²) in [6.07, 6.45) is 0. The summed E-state index contributed by atoms with van der Waals surface area (Å²) < 4.78 is 0. The Morgan fingerprint density at radius 1 is 1.40 bits per heavy atom. The van der Waals surface area contributed by atoms with Gasteiger partial charge in [-0.1, -0.05) is 29.8 Å². The average molecular weight is 202 g/mol. The van der Waals surface area contributed by atoms with Crippen LogP contribution in [0.1, 0.15) is 31.0 Å². The molecule has 0 aliphatic carbocycles. The van der Waals surface area contributed by atoms with Crippen LogP contribution in [0, 0.1) is 23.7 Å². The molecular formula is C13H18N2. The van der Waals surface area contributed by atoms with Crippen molar-refractivity contribution < 1.29 is 0 Å². The number of benzene rings is 1. The first-order chi connectivity index (χ1) is 7.01. The highest BCUT2D eigenvalue weighted by atomic mass is 14.9. The van der Waals surface area contributed by atoms with Gasteiger partial charge >= 0.3 is 0 Å². The van der Waals surface area contributed by atoms with Gasteiger partial charge in [-0.3, -0.25) is 0 Å². The smallest absolute Gasteiger partial charge is 0.0712 e. The summed E-state index contributed by atoms with van der Waals surface area (Å²) in [5.74, 6) is 0. The summed E-state index contributed by atoms with van der Waals surface area (Å²) >= 11 is 0. The fourth-order valence-corrected chi connectivity index (χ4v) is 1.86. The van der Waals surface area contributed by atoms with Gasteiger partial charge in [-0.05, 0) is 33.4 Å². The van der Waals surface area contributed by atoms with Crippen molar-refractivity contribution in [3.8, 4) is 6.07 Å². The van der Waals surface area contributed by atoms with Crippen LogP contribution in [0.2, 0.25) is 0 Å². The minimum absolute atomic E-state index is 0.0717. The predicted molar refractivity (Wildman–Crippen MR) is 62.4 cm³/mol. The number of hydrogen-bond acceptors (Lipinski definition) is 2. The van der Waals surface area contributed by atoms with E-state index >= 15 is 0 Å². The molecule has 0 heterocycles. The molecule has 1 aromatic carbocycles. The van der Waals surface area contributed by atoms with Crippen LogP contribution in [0.15, 0.2) is 24.3 Å². The molecule has 0 fully saturated rings. The van der Waals surface area contributed by atoms with Gasteiger partial charge in [0.1, 0.15) is 0 Å². The van der Waals surface area contributed by atoms with E-state index in [1.165, 1.54) is 11.1 Å². The Morgan fingerprint density at radius 3 is 2.53 bits per heavy atom. The van der Waals surface area contributed by atoms with E-state index in [4.69, 9.17) is 5.26 Å². The molecule has 0 aliphatic rings. The molecule has 1 aromatic rings. The van der Waals surface area contributed by atoms with Crippen LogP contribution in [0.4, 0.5) is 0 Å². The quantitative estimate of drug-likeness (QED) is 0.818. The highest BCUT2D eigenvalue weighted by Crippen LogP contribution is 2.32. The Kier molecular flexibility index (Phi) is 3.49. The number of nitriles is 1. The maximum absolute atomic E-state index is 9.14. The Morgan fingerprint density at radius 2 is 2.07 bits per heavy atom. The maximum Gasteiger partial charge on any atom is 0.0712 e. The lowest BCUT2D eigenvalue weighted by Crippen LogP contribution is -2.30. The molecule has 0 aliphatic heterocycles. The molecule has 0 saturated heterocycles. The van der Waals surface area contributed by atoms with Gasteiger partial charge in [0.25, 0.3) is 0 Å². The molecule has 15 heavy (non-hydrogen) atoms. The molecule has 80 valence electrons. The van der Waals surface area contributed by atoms with Crippen molar-refractivity contribution in [2.75, 3.05) is 7.05 Å². The third-order valence-electron chi connectivity index (χ3n) is 2.67. The predicted octanol–water partition coefficient (Wildman–Crippen LogP) is 2.81. The van der Waals surface area contributed by atoms with Gasteiger partial charge in [-0.15, -0.1) is 0 Å². The van der Waals surface area contributed by atoms with Crippen LogP contribution in [0.3, 0.4) is 0 Å². The molecule has 0 radical (unpaired) electrons. The zero-order valence-corrected chi connectivity index (χ0v) is 9.83. The molecule has 0 spiro atoms.